The van der Waals surface area contributed by atoms with Gasteiger partial charge in [0.05, 0.1) is 6.10 Å². The summed E-state index contributed by atoms with van der Waals surface area (Å²) in [6, 6.07) is 0. The first-order valence-electron chi connectivity index (χ1n) is 11.3. The van der Waals surface area contributed by atoms with Gasteiger partial charge in [-0.3, -0.25) is 28.7 Å². The number of ether oxygens (including phenoxy) is 3. The van der Waals surface area contributed by atoms with Gasteiger partial charge in [-0.15, -0.1) is 0 Å². The number of carbonyl (C=O) groups excluding carboxylic acids is 1. The molecule has 4 rings (SSSR count). The van der Waals surface area contributed by atoms with Crippen LogP contribution in [0.3, 0.4) is 0 Å². The molecule has 196 valence electrons. The maximum atomic E-state index is 12.4. The molecule has 2 aliphatic heterocycles. The van der Waals surface area contributed by atoms with Crippen LogP contribution in [0.1, 0.15) is 36.4 Å². The minimum atomic E-state index is -1.05. The van der Waals surface area contributed by atoms with Crippen LogP contribution in [0.15, 0.2) is 31.6 Å². The zero-order valence-electron chi connectivity index (χ0n) is 19.6. The number of H-pyrrole nitrogens is 2. The highest BCUT2D eigenvalue weighted by Crippen LogP contribution is 2.33. The molecule has 0 radical (unpaired) electrons. The molecule has 0 bridgehead atoms. The van der Waals surface area contributed by atoms with Gasteiger partial charge in [0, 0.05) is 55.4 Å². The number of aromatic amines is 2. The van der Waals surface area contributed by atoms with E-state index in [9.17, 15) is 29.1 Å². The van der Waals surface area contributed by atoms with E-state index in [1.54, 1.807) is 6.92 Å². The number of nitrogens with two attached hydrogens (primary N) is 1. The Hall–Kier alpha value is -3.53. The zero-order valence-corrected chi connectivity index (χ0v) is 19.6. The van der Waals surface area contributed by atoms with Crippen molar-refractivity contribution in [1.29, 1.82) is 0 Å². The minimum absolute atomic E-state index is 0.0722. The lowest BCUT2D eigenvalue weighted by Crippen LogP contribution is -2.40. The number of nitrogens with zero attached hydrogens (tertiary/aromatic N) is 2. The van der Waals surface area contributed by atoms with E-state index in [0.29, 0.717) is 11.1 Å². The highest BCUT2D eigenvalue weighted by Gasteiger charge is 2.40. The van der Waals surface area contributed by atoms with Crippen LogP contribution in [-0.4, -0.2) is 61.9 Å². The standard InChI is InChI=1S/C21H28N6O9/c1-9-7-26(19(31)24-16(9)29)14-3-11(5-22)18(35-14)36-21(33)23-6-13-12(28)4-15(34-13)27-8-10(2)17(30)25-20(27)32/h7-8,11-15,18,28H,3-6,22H2,1-2H3,(H,23,33)(H,24,29,31)(H,25,30,32)/t11-,12+,13-,14+,15-,18-/m1/s1. The summed E-state index contributed by atoms with van der Waals surface area (Å²) in [6.07, 6.45) is -2.30. The van der Waals surface area contributed by atoms with Crippen molar-refractivity contribution >= 4 is 6.09 Å². The molecule has 2 fully saturated rings. The lowest BCUT2D eigenvalue weighted by Gasteiger charge is -2.20. The normalized spacial score (nSPS) is 27.8. The molecule has 1 amide bonds. The molecule has 2 saturated heterocycles. The van der Waals surface area contributed by atoms with Gasteiger partial charge in [0.15, 0.2) is 0 Å². The molecular formula is C21H28N6O9. The molecule has 2 aromatic heterocycles. The molecule has 0 aromatic carbocycles. The number of hydrogen-bond acceptors (Lipinski definition) is 10. The van der Waals surface area contributed by atoms with E-state index in [-0.39, 0.29) is 25.9 Å². The molecule has 4 heterocycles. The topological polar surface area (TPSA) is 213 Å². The van der Waals surface area contributed by atoms with Gasteiger partial charge in [-0.2, -0.15) is 0 Å². The second-order valence-electron chi connectivity index (χ2n) is 8.87. The number of rotatable bonds is 6. The summed E-state index contributed by atoms with van der Waals surface area (Å²) in [5.41, 5.74) is 4.07. The molecular weight excluding hydrogens is 480 g/mol. The second kappa shape index (κ2) is 10.2. The van der Waals surface area contributed by atoms with Gasteiger partial charge in [-0.05, 0) is 13.8 Å². The van der Waals surface area contributed by atoms with E-state index in [2.05, 4.69) is 15.3 Å². The molecule has 0 aliphatic carbocycles. The summed E-state index contributed by atoms with van der Waals surface area (Å²) in [4.78, 5) is 64.2. The Bertz CT molecular complexity index is 1360. The lowest BCUT2D eigenvalue weighted by atomic mass is 10.1. The lowest BCUT2D eigenvalue weighted by molar-refractivity contribution is -0.130. The second-order valence-corrected chi connectivity index (χ2v) is 8.87. The predicted molar refractivity (Wildman–Crippen MR) is 122 cm³/mol. The van der Waals surface area contributed by atoms with Gasteiger partial charge < -0.3 is 30.4 Å². The number of carbonyl (C=O) groups is 1. The molecule has 6 N–H and O–H groups in total. The van der Waals surface area contributed by atoms with Gasteiger partial charge in [0.2, 0.25) is 6.29 Å². The molecule has 0 unspecified atom stereocenters. The van der Waals surface area contributed by atoms with E-state index in [1.165, 1.54) is 28.5 Å². The van der Waals surface area contributed by atoms with Crippen LogP contribution in [0.5, 0.6) is 0 Å². The number of aliphatic hydroxyl groups excluding tert-OH is 1. The predicted octanol–water partition coefficient (Wildman–Crippen LogP) is -2.10. The minimum Gasteiger partial charge on any atom is -0.419 e. The highest BCUT2D eigenvalue weighted by atomic mass is 16.7. The van der Waals surface area contributed by atoms with Gasteiger partial charge in [-0.1, -0.05) is 0 Å². The largest absolute Gasteiger partial charge is 0.419 e. The van der Waals surface area contributed by atoms with E-state index >= 15 is 0 Å². The SMILES string of the molecule is Cc1cn([C@@H]2C[C@H](CN)[C@@H](OC(=O)NC[C@H]3O[C@@H](n4cc(C)c(=O)[nH]c4=O)C[C@@H]3O)O2)c(=O)[nH]c1=O. The summed E-state index contributed by atoms with van der Waals surface area (Å²) in [5, 5.41) is 12.8. The maximum Gasteiger partial charge on any atom is 0.409 e. The molecule has 2 aliphatic rings. The summed E-state index contributed by atoms with van der Waals surface area (Å²) >= 11 is 0. The number of alkyl carbamates (subject to hydrolysis) is 1. The highest BCUT2D eigenvalue weighted by molar-refractivity contribution is 5.67. The Labute approximate surface area is 202 Å². The first-order chi connectivity index (χ1) is 17.1. The van der Waals surface area contributed by atoms with Crippen LogP contribution in [0.25, 0.3) is 0 Å². The average molecular weight is 508 g/mol. The first-order valence-corrected chi connectivity index (χ1v) is 11.3. The van der Waals surface area contributed by atoms with Crippen molar-refractivity contribution in [2.24, 2.45) is 11.7 Å². The van der Waals surface area contributed by atoms with Crippen LogP contribution in [0.2, 0.25) is 0 Å². The van der Waals surface area contributed by atoms with Crippen LogP contribution in [-0.2, 0) is 14.2 Å². The molecule has 0 saturated carbocycles. The number of aryl methyl sites for hydroxylation is 2. The molecule has 2 aromatic rings. The summed E-state index contributed by atoms with van der Waals surface area (Å²) in [6.45, 7) is 3.07. The van der Waals surface area contributed by atoms with Crippen molar-refractivity contribution < 1.29 is 24.1 Å². The number of aliphatic hydroxyl groups is 1. The number of aromatic nitrogens is 4. The van der Waals surface area contributed by atoms with E-state index < -0.39 is 65.5 Å². The number of amides is 1. The van der Waals surface area contributed by atoms with Crippen molar-refractivity contribution in [3.05, 3.63) is 65.2 Å². The molecule has 15 heteroatoms. The van der Waals surface area contributed by atoms with Gasteiger partial charge >= 0.3 is 17.5 Å². The number of nitrogens with one attached hydrogen (secondary N) is 3. The Morgan fingerprint density at radius 3 is 2.17 bits per heavy atom. The van der Waals surface area contributed by atoms with Gasteiger partial charge in [-0.25, -0.2) is 14.4 Å². The smallest absolute Gasteiger partial charge is 0.409 e. The summed E-state index contributed by atoms with van der Waals surface area (Å²) < 4.78 is 19.2. The van der Waals surface area contributed by atoms with Gasteiger partial charge in [0.1, 0.15) is 18.6 Å². The average Bonchev–Trinajstić information content (AvgIpc) is 3.40. The van der Waals surface area contributed by atoms with Crippen LogP contribution in [0.4, 0.5) is 4.79 Å². The fourth-order valence-electron chi connectivity index (χ4n) is 4.20. The number of hydrogen-bond donors (Lipinski definition) is 5. The quantitative estimate of drug-likeness (QED) is 0.287. The summed E-state index contributed by atoms with van der Waals surface area (Å²) in [5.74, 6) is -0.409. The molecule has 6 atom stereocenters. The molecule has 15 nitrogen and oxygen atoms in total. The molecule has 36 heavy (non-hydrogen) atoms. The van der Waals surface area contributed by atoms with Crippen molar-refractivity contribution in [2.45, 2.75) is 57.6 Å². The molecule has 0 spiro atoms. The summed E-state index contributed by atoms with van der Waals surface area (Å²) in [7, 11) is 0. The van der Waals surface area contributed by atoms with E-state index in [1.807, 2.05) is 0 Å². The van der Waals surface area contributed by atoms with Crippen LogP contribution >= 0.6 is 0 Å². The van der Waals surface area contributed by atoms with Gasteiger partial charge in [0.25, 0.3) is 11.1 Å². The van der Waals surface area contributed by atoms with Crippen molar-refractivity contribution in [3.63, 3.8) is 0 Å². The first kappa shape index (κ1) is 25.6. The van der Waals surface area contributed by atoms with Crippen molar-refractivity contribution in [3.8, 4) is 0 Å². The van der Waals surface area contributed by atoms with E-state index in [0.717, 1.165) is 0 Å². The fourth-order valence-corrected chi connectivity index (χ4v) is 4.20. The van der Waals surface area contributed by atoms with Crippen molar-refractivity contribution in [2.75, 3.05) is 13.1 Å². The third-order valence-corrected chi connectivity index (χ3v) is 6.27. The zero-order chi connectivity index (χ0) is 26.1. The fraction of sp³-hybridized carbons (Fsp3) is 0.571. The Balaban J connectivity index is 1.35. The Kier molecular flexibility index (Phi) is 7.26. The van der Waals surface area contributed by atoms with Crippen LogP contribution in [0, 0.1) is 19.8 Å². The third-order valence-electron chi connectivity index (χ3n) is 6.27. The maximum absolute atomic E-state index is 12.4. The van der Waals surface area contributed by atoms with Crippen LogP contribution < -0.4 is 33.5 Å². The Morgan fingerprint density at radius 2 is 1.61 bits per heavy atom. The van der Waals surface area contributed by atoms with E-state index in [4.69, 9.17) is 19.9 Å². The van der Waals surface area contributed by atoms with Crippen molar-refractivity contribution in [1.82, 2.24) is 24.4 Å². The third kappa shape index (κ3) is 5.18. The monoisotopic (exact) mass is 508 g/mol. The Morgan fingerprint density at radius 1 is 1.06 bits per heavy atom.